The van der Waals surface area contributed by atoms with E-state index in [2.05, 4.69) is 5.32 Å². The van der Waals surface area contributed by atoms with Gasteiger partial charge in [-0.25, -0.2) is 4.79 Å². The Bertz CT molecular complexity index is 620. The molecule has 0 aromatic heterocycles. The highest BCUT2D eigenvalue weighted by atomic mass is 16.6. The van der Waals surface area contributed by atoms with Crippen LogP contribution in [-0.2, 0) is 4.74 Å². The van der Waals surface area contributed by atoms with Gasteiger partial charge in [-0.05, 0) is 46.8 Å². The Balaban J connectivity index is 2.38. The number of alkyl carbamates (subject to hydrolysis) is 1. The summed E-state index contributed by atoms with van der Waals surface area (Å²) in [4.78, 5) is 12.1. The van der Waals surface area contributed by atoms with Gasteiger partial charge < -0.3 is 30.1 Å². The Morgan fingerprint density at radius 2 is 1.96 bits per heavy atom. The molecule has 134 valence electrons. The van der Waals surface area contributed by atoms with Gasteiger partial charge in [0, 0.05) is 11.1 Å². The van der Waals surface area contributed by atoms with Crippen LogP contribution in [0.25, 0.3) is 0 Å². The maximum Gasteiger partial charge on any atom is 0.408 e. The molecule has 24 heavy (non-hydrogen) atoms. The van der Waals surface area contributed by atoms with E-state index < -0.39 is 35.7 Å². The summed E-state index contributed by atoms with van der Waals surface area (Å²) < 4.78 is 11.0. The monoisotopic (exact) mass is 339 g/mol. The second-order valence-electron chi connectivity index (χ2n) is 7.45. The number of fused-ring (bicyclic) bond motifs is 1. The van der Waals surface area contributed by atoms with Crippen LogP contribution in [-0.4, -0.2) is 38.7 Å². The fourth-order valence-electron chi connectivity index (χ4n) is 2.57. The Labute approximate surface area is 141 Å². The van der Waals surface area contributed by atoms with Gasteiger partial charge in [-0.1, -0.05) is 6.07 Å². The molecule has 0 saturated carbocycles. The zero-order chi connectivity index (χ0) is 18.3. The van der Waals surface area contributed by atoms with E-state index in [1.165, 1.54) is 12.1 Å². The highest BCUT2D eigenvalue weighted by Crippen LogP contribution is 2.40. The topological polar surface area (TPSA) is 108 Å². The van der Waals surface area contributed by atoms with Crippen molar-refractivity contribution >= 4 is 6.09 Å². The number of ether oxygens (including phenoxy) is 2. The first kappa shape index (κ1) is 18.5. The average molecular weight is 339 g/mol. The van der Waals surface area contributed by atoms with E-state index >= 15 is 0 Å². The molecule has 2 rings (SSSR count). The fourth-order valence-corrected chi connectivity index (χ4v) is 2.57. The first-order valence-electron chi connectivity index (χ1n) is 7.77. The molecule has 4 N–H and O–H groups in total. The Morgan fingerprint density at radius 1 is 1.33 bits per heavy atom. The normalized spacial score (nSPS) is 22.5. The van der Waals surface area contributed by atoms with Crippen molar-refractivity contribution in [3.63, 3.8) is 0 Å². The predicted molar refractivity (Wildman–Crippen MR) is 86.4 cm³/mol. The molecule has 1 aromatic carbocycles. The number of rotatable bonds is 2. The summed E-state index contributed by atoms with van der Waals surface area (Å²) in [5, 5.41) is 32.0. The van der Waals surface area contributed by atoms with Crippen LogP contribution < -0.4 is 10.1 Å². The lowest BCUT2D eigenvalue weighted by Gasteiger charge is -2.42. The highest BCUT2D eigenvalue weighted by Gasteiger charge is 2.44. The van der Waals surface area contributed by atoms with E-state index in [-0.39, 0.29) is 5.56 Å². The van der Waals surface area contributed by atoms with Gasteiger partial charge in [-0.3, -0.25) is 0 Å². The van der Waals surface area contributed by atoms with Crippen molar-refractivity contribution in [3.8, 4) is 5.75 Å². The maximum absolute atomic E-state index is 12.1. The molecule has 2 atom stereocenters. The van der Waals surface area contributed by atoms with Gasteiger partial charge in [0.15, 0.2) is 6.29 Å². The van der Waals surface area contributed by atoms with Crippen LogP contribution in [0.2, 0.25) is 0 Å². The number of aliphatic hydroxyl groups is 3. The van der Waals surface area contributed by atoms with E-state index in [0.717, 1.165) is 0 Å². The molecule has 0 fully saturated rings. The van der Waals surface area contributed by atoms with Crippen LogP contribution in [0, 0.1) is 0 Å². The van der Waals surface area contributed by atoms with E-state index in [0.29, 0.717) is 11.3 Å². The predicted octanol–water partition coefficient (Wildman–Crippen LogP) is 1.77. The van der Waals surface area contributed by atoms with Gasteiger partial charge in [0.05, 0.1) is 6.04 Å². The molecule has 2 unspecified atom stereocenters. The molecule has 0 spiro atoms. The van der Waals surface area contributed by atoms with Crippen molar-refractivity contribution in [2.24, 2.45) is 0 Å². The molecule has 0 aliphatic carbocycles. The summed E-state index contributed by atoms with van der Waals surface area (Å²) in [7, 11) is 0. The molecule has 1 heterocycles. The molecule has 0 bridgehead atoms. The summed E-state index contributed by atoms with van der Waals surface area (Å²) in [6.45, 7) is 8.64. The standard InChI is InChI=1S/C17H25NO6/c1-16(2,3)24-15(22)18-12-10-8-9(14(20)21)6-7-11(10)23-17(4,5)13(12)19/h6-8,12-14,19-21H,1-5H3,(H,18,22). The van der Waals surface area contributed by atoms with Gasteiger partial charge in [-0.2, -0.15) is 0 Å². The third kappa shape index (κ3) is 3.98. The molecule has 1 aliphatic heterocycles. The lowest BCUT2D eigenvalue weighted by Crippen LogP contribution is -2.54. The molecular formula is C17H25NO6. The molecular weight excluding hydrogens is 314 g/mol. The number of hydrogen-bond acceptors (Lipinski definition) is 6. The van der Waals surface area contributed by atoms with Gasteiger partial charge >= 0.3 is 6.09 Å². The molecule has 1 amide bonds. The summed E-state index contributed by atoms with van der Waals surface area (Å²) >= 11 is 0. The van der Waals surface area contributed by atoms with Crippen LogP contribution in [0.5, 0.6) is 5.75 Å². The molecule has 1 aliphatic rings. The lowest BCUT2D eigenvalue weighted by atomic mass is 9.86. The van der Waals surface area contributed by atoms with E-state index in [1.807, 2.05) is 0 Å². The zero-order valence-corrected chi connectivity index (χ0v) is 14.5. The molecule has 7 heteroatoms. The second-order valence-corrected chi connectivity index (χ2v) is 7.45. The molecule has 7 nitrogen and oxygen atoms in total. The van der Waals surface area contributed by atoms with Crippen molar-refractivity contribution < 1.29 is 29.6 Å². The number of hydrogen-bond donors (Lipinski definition) is 4. The van der Waals surface area contributed by atoms with Crippen LogP contribution in [0.1, 0.15) is 58.1 Å². The summed E-state index contributed by atoms with van der Waals surface area (Å²) in [5.74, 6) is 0.454. The maximum atomic E-state index is 12.1. The summed E-state index contributed by atoms with van der Waals surface area (Å²) in [6.07, 6.45) is -3.39. The number of benzene rings is 1. The largest absolute Gasteiger partial charge is 0.485 e. The van der Waals surface area contributed by atoms with Gasteiger partial charge in [0.25, 0.3) is 0 Å². The van der Waals surface area contributed by atoms with E-state index in [1.54, 1.807) is 40.7 Å². The third-order valence-electron chi connectivity index (χ3n) is 3.74. The minimum atomic E-state index is -1.66. The Kier molecular flexibility index (Phi) is 4.81. The van der Waals surface area contributed by atoms with Crippen molar-refractivity contribution in [3.05, 3.63) is 29.3 Å². The van der Waals surface area contributed by atoms with E-state index in [4.69, 9.17) is 9.47 Å². The highest BCUT2D eigenvalue weighted by molar-refractivity contribution is 5.69. The fraction of sp³-hybridized carbons (Fsp3) is 0.588. The van der Waals surface area contributed by atoms with Crippen molar-refractivity contribution in [1.82, 2.24) is 5.32 Å². The van der Waals surface area contributed by atoms with Crippen LogP contribution in [0.15, 0.2) is 18.2 Å². The Morgan fingerprint density at radius 3 is 2.50 bits per heavy atom. The minimum absolute atomic E-state index is 0.236. The quantitative estimate of drug-likeness (QED) is 0.612. The van der Waals surface area contributed by atoms with Crippen molar-refractivity contribution in [1.29, 1.82) is 0 Å². The smallest absolute Gasteiger partial charge is 0.408 e. The Hall–Kier alpha value is -1.83. The van der Waals surface area contributed by atoms with Gasteiger partial charge in [0.2, 0.25) is 0 Å². The van der Waals surface area contributed by atoms with Crippen LogP contribution in [0.4, 0.5) is 4.79 Å². The second kappa shape index (κ2) is 6.23. The summed E-state index contributed by atoms with van der Waals surface area (Å²) in [6, 6.07) is 3.78. The van der Waals surface area contributed by atoms with Gasteiger partial charge in [0.1, 0.15) is 23.1 Å². The summed E-state index contributed by atoms with van der Waals surface area (Å²) in [5.41, 5.74) is -0.924. The van der Waals surface area contributed by atoms with Crippen LogP contribution in [0.3, 0.4) is 0 Å². The number of carbonyl (C=O) groups is 1. The lowest BCUT2D eigenvalue weighted by molar-refractivity contribution is -0.0661. The van der Waals surface area contributed by atoms with E-state index in [9.17, 15) is 20.1 Å². The van der Waals surface area contributed by atoms with Crippen LogP contribution >= 0.6 is 0 Å². The van der Waals surface area contributed by atoms with Gasteiger partial charge in [-0.15, -0.1) is 0 Å². The van der Waals surface area contributed by atoms with Crippen molar-refractivity contribution in [2.45, 2.75) is 64.3 Å². The van der Waals surface area contributed by atoms with Crippen molar-refractivity contribution in [2.75, 3.05) is 0 Å². The zero-order valence-electron chi connectivity index (χ0n) is 14.5. The number of amides is 1. The number of carbonyl (C=O) groups excluding carboxylic acids is 1. The average Bonchev–Trinajstić information content (AvgIpc) is 2.41. The number of aliphatic hydroxyl groups excluding tert-OH is 2. The SMILES string of the molecule is CC(C)(C)OC(=O)NC1c2cc(C(O)O)ccc2OC(C)(C)C1O. The molecule has 1 aromatic rings. The molecule has 0 radical (unpaired) electrons. The first-order valence-corrected chi connectivity index (χ1v) is 7.77. The number of nitrogens with one attached hydrogen (secondary N) is 1. The third-order valence-corrected chi connectivity index (χ3v) is 3.74. The molecule has 0 saturated heterocycles. The minimum Gasteiger partial charge on any atom is -0.485 e. The first-order chi connectivity index (χ1) is 10.9.